The largest absolute Gasteiger partial charge is 0.340 e. The molecular weight excluding hydrogens is 302 g/mol. The third-order valence-corrected chi connectivity index (χ3v) is 5.16. The number of thiophene rings is 1. The number of aliphatic imine (C=N–C) groups is 1. The molecule has 2 heterocycles. The fraction of sp³-hybridized carbons (Fsp3) is 0.316. The Morgan fingerprint density at radius 3 is 2.65 bits per heavy atom. The smallest absolute Gasteiger partial charge is 0.143 e. The van der Waals surface area contributed by atoms with E-state index >= 15 is 0 Å². The molecule has 0 radical (unpaired) electrons. The molecule has 0 fully saturated rings. The van der Waals surface area contributed by atoms with Crippen molar-refractivity contribution in [3.8, 4) is 0 Å². The van der Waals surface area contributed by atoms with Crippen molar-refractivity contribution >= 4 is 27.9 Å². The standard InChI is InChI=1S/C17H17N3S.C2H6/c1-11-18-16(20-12-7-3-2-4-8-12)15-13-9-5-6-10-14(13)21-17(15)19-11;1-2/h2-4,7-8,19H,1,5-6,9-10H2,(H,18,20);1-2H3. The Morgan fingerprint density at radius 2 is 1.87 bits per heavy atom. The summed E-state index contributed by atoms with van der Waals surface area (Å²) >= 11 is 1.86. The van der Waals surface area contributed by atoms with Gasteiger partial charge in [0.05, 0.1) is 5.56 Å². The SMILES string of the molecule is C=C1N=C(Nc2ccccc2)c2c(sc3c2CCCC3)N1.CC. The van der Waals surface area contributed by atoms with Crippen LogP contribution in [0.15, 0.2) is 47.7 Å². The van der Waals surface area contributed by atoms with E-state index in [1.54, 1.807) is 0 Å². The van der Waals surface area contributed by atoms with E-state index in [9.17, 15) is 0 Å². The van der Waals surface area contributed by atoms with E-state index in [0.717, 1.165) is 17.9 Å². The van der Waals surface area contributed by atoms with Gasteiger partial charge in [0.25, 0.3) is 0 Å². The van der Waals surface area contributed by atoms with Crippen molar-refractivity contribution in [2.45, 2.75) is 39.5 Å². The highest BCUT2D eigenvalue weighted by molar-refractivity contribution is 7.16. The Morgan fingerprint density at radius 1 is 1.13 bits per heavy atom. The van der Waals surface area contributed by atoms with E-state index in [0.29, 0.717) is 5.82 Å². The van der Waals surface area contributed by atoms with Gasteiger partial charge in [0.1, 0.15) is 16.7 Å². The maximum atomic E-state index is 4.61. The minimum absolute atomic E-state index is 0.708. The van der Waals surface area contributed by atoms with Crippen LogP contribution >= 0.6 is 11.3 Å². The van der Waals surface area contributed by atoms with Gasteiger partial charge in [-0.05, 0) is 43.4 Å². The first-order valence-electron chi connectivity index (χ1n) is 8.33. The van der Waals surface area contributed by atoms with Crippen LogP contribution in [0.4, 0.5) is 10.7 Å². The van der Waals surface area contributed by atoms with Crippen LogP contribution in [0, 0.1) is 0 Å². The lowest BCUT2D eigenvalue weighted by Gasteiger charge is -2.20. The summed E-state index contributed by atoms with van der Waals surface area (Å²) in [5.41, 5.74) is 3.79. The molecule has 0 atom stereocenters. The van der Waals surface area contributed by atoms with E-state index in [1.807, 2.05) is 43.4 Å². The van der Waals surface area contributed by atoms with Crippen LogP contribution in [-0.2, 0) is 12.8 Å². The Hall–Kier alpha value is -2.07. The molecule has 120 valence electrons. The van der Waals surface area contributed by atoms with Gasteiger partial charge in [0.2, 0.25) is 0 Å². The highest BCUT2D eigenvalue weighted by atomic mass is 32.1. The molecule has 0 amide bonds. The van der Waals surface area contributed by atoms with Crippen LogP contribution in [-0.4, -0.2) is 5.84 Å². The zero-order valence-corrected chi connectivity index (χ0v) is 14.6. The molecule has 4 rings (SSSR count). The number of amidine groups is 1. The number of nitrogens with zero attached hydrogens (tertiary/aromatic N) is 1. The van der Waals surface area contributed by atoms with Crippen LogP contribution in [0.5, 0.6) is 0 Å². The predicted octanol–water partition coefficient (Wildman–Crippen LogP) is 5.41. The number of anilines is 2. The average molecular weight is 325 g/mol. The molecule has 2 aliphatic rings. The fourth-order valence-corrected chi connectivity index (χ4v) is 4.31. The van der Waals surface area contributed by atoms with Gasteiger partial charge in [0, 0.05) is 10.6 Å². The molecule has 3 nitrogen and oxygen atoms in total. The maximum Gasteiger partial charge on any atom is 0.143 e. The predicted molar refractivity (Wildman–Crippen MR) is 102 cm³/mol. The lowest BCUT2D eigenvalue weighted by atomic mass is 9.94. The summed E-state index contributed by atoms with van der Waals surface area (Å²) in [6.07, 6.45) is 4.92. The maximum absolute atomic E-state index is 4.61. The molecule has 0 spiro atoms. The van der Waals surface area contributed by atoms with Gasteiger partial charge in [-0.1, -0.05) is 38.6 Å². The number of hydrogen-bond donors (Lipinski definition) is 2. The van der Waals surface area contributed by atoms with Crippen molar-refractivity contribution in [3.05, 3.63) is 58.7 Å². The van der Waals surface area contributed by atoms with Gasteiger partial charge >= 0.3 is 0 Å². The van der Waals surface area contributed by atoms with Crippen molar-refractivity contribution in [1.82, 2.24) is 0 Å². The van der Waals surface area contributed by atoms with Crippen molar-refractivity contribution < 1.29 is 0 Å². The van der Waals surface area contributed by atoms with Crippen LogP contribution in [0.1, 0.15) is 42.7 Å². The van der Waals surface area contributed by atoms with Crippen molar-refractivity contribution in [1.29, 1.82) is 0 Å². The fourth-order valence-electron chi connectivity index (χ4n) is 3.00. The summed E-state index contributed by atoms with van der Waals surface area (Å²) in [6.45, 7) is 7.98. The first-order valence-corrected chi connectivity index (χ1v) is 9.14. The molecule has 0 unspecified atom stereocenters. The zero-order valence-electron chi connectivity index (χ0n) is 13.8. The minimum atomic E-state index is 0.708. The molecule has 1 aliphatic heterocycles. The summed E-state index contributed by atoms with van der Waals surface area (Å²) in [7, 11) is 0. The normalized spacial score (nSPS) is 15.4. The topological polar surface area (TPSA) is 36.4 Å². The van der Waals surface area contributed by atoms with E-state index < -0.39 is 0 Å². The van der Waals surface area contributed by atoms with E-state index in [1.165, 1.54) is 40.3 Å². The summed E-state index contributed by atoms with van der Waals surface area (Å²) in [5, 5.41) is 7.98. The van der Waals surface area contributed by atoms with Crippen LogP contribution < -0.4 is 10.6 Å². The van der Waals surface area contributed by atoms with Gasteiger partial charge < -0.3 is 10.6 Å². The third-order valence-electron chi connectivity index (χ3n) is 3.95. The third kappa shape index (κ3) is 3.17. The first kappa shape index (κ1) is 15.8. The Labute approximate surface area is 142 Å². The Bertz CT molecular complexity index is 729. The average Bonchev–Trinajstić information content (AvgIpc) is 2.95. The molecule has 0 bridgehead atoms. The van der Waals surface area contributed by atoms with Crippen LogP contribution in [0.3, 0.4) is 0 Å². The molecule has 4 heteroatoms. The van der Waals surface area contributed by atoms with Gasteiger partial charge in [-0.15, -0.1) is 11.3 Å². The number of hydrogen-bond acceptors (Lipinski definition) is 4. The lowest BCUT2D eigenvalue weighted by Crippen LogP contribution is -2.21. The van der Waals surface area contributed by atoms with E-state index in [4.69, 9.17) is 0 Å². The van der Waals surface area contributed by atoms with Gasteiger partial charge in [-0.25, -0.2) is 4.99 Å². The van der Waals surface area contributed by atoms with Gasteiger partial charge in [-0.2, -0.15) is 0 Å². The minimum Gasteiger partial charge on any atom is -0.340 e. The molecular formula is C19H23N3S. The second kappa shape index (κ2) is 7.01. The van der Waals surface area contributed by atoms with Gasteiger partial charge in [0.15, 0.2) is 0 Å². The monoisotopic (exact) mass is 325 g/mol. The molecule has 2 aromatic rings. The number of aryl methyl sites for hydroxylation is 1. The summed E-state index contributed by atoms with van der Waals surface area (Å²) < 4.78 is 0. The highest BCUT2D eigenvalue weighted by Gasteiger charge is 2.27. The molecule has 1 aliphatic carbocycles. The molecule has 0 saturated carbocycles. The van der Waals surface area contributed by atoms with Crippen LogP contribution in [0.2, 0.25) is 0 Å². The van der Waals surface area contributed by atoms with Gasteiger partial charge in [-0.3, -0.25) is 0 Å². The summed E-state index contributed by atoms with van der Waals surface area (Å²) in [5.74, 6) is 1.64. The highest BCUT2D eigenvalue weighted by Crippen LogP contribution is 2.41. The number of para-hydroxylation sites is 1. The number of benzene rings is 1. The first-order chi connectivity index (χ1) is 11.3. The lowest BCUT2D eigenvalue weighted by molar-refractivity contribution is 0.696. The quantitative estimate of drug-likeness (QED) is 0.735. The second-order valence-corrected chi connectivity index (χ2v) is 6.54. The Kier molecular flexibility index (Phi) is 4.82. The van der Waals surface area contributed by atoms with Crippen molar-refractivity contribution in [2.24, 2.45) is 4.99 Å². The summed E-state index contributed by atoms with van der Waals surface area (Å²) in [4.78, 5) is 6.12. The second-order valence-electron chi connectivity index (χ2n) is 5.44. The number of fused-ring (bicyclic) bond motifs is 3. The number of nitrogens with one attached hydrogen (secondary N) is 2. The molecule has 2 N–H and O–H groups in total. The summed E-state index contributed by atoms with van der Waals surface area (Å²) in [6, 6.07) is 10.2. The molecule has 23 heavy (non-hydrogen) atoms. The Balaban J connectivity index is 0.000000753. The molecule has 1 aromatic heterocycles. The zero-order chi connectivity index (χ0) is 16.2. The van der Waals surface area contributed by atoms with Crippen molar-refractivity contribution in [3.63, 3.8) is 0 Å². The van der Waals surface area contributed by atoms with Crippen molar-refractivity contribution in [2.75, 3.05) is 10.6 Å². The van der Waals surface area contributed by atoms with E-state index in [2.05, 4.69) is 34.3 Å². The number of rotatable bonds is 1. The van der Waals surface area contributed by atoms with Crippen LogP contribution in [0.25, 0.3) is 0 Å². The molecule has 1 aromatic carbocycles. The molecule has 0 saturated heterocycles. The van der Waals surface area contributed by atoms with E-state index in [-0.39, 0.29) is 0 Å².